The van der Waals surface area contributed by atoms with E-state index in [1.807, 2.05) is 45.0 Å². The van der Waals surface area contributed by atoms with E-state index in [1.165, 1.54) is 0 Å². The highest BCUT2D eigenvalue weighted by atomic mass is 16.5. The third-order valence-electron chi connectivity index (χ3n) is 3.27. The van der Waals surface area contributed by atoms with Crippen molar-refractivity contribution in [3.8, 4) is 5.75 Å². The number of ether oxygens (including phenoxy) is 1. The van der Waals surface area contributed by atoms with E-state index in [0.29, 0.717) is 0 Å². The van der Waals surface area contributed by atoms with Gasteiger partial charge in [0.15, 0.2) is 0 Å². The number of hydrogen-bond acceptors (Lipinski definition) is 3. The molecule has 0 aromatic heterocycles. The first-order valence-electron chi connectivity index (χ1n) is 7.25. The number of piperidine rings is 1. The van der Waals surface area contributed by atoms with Crippen LogP contribution in [0.25, 0.3) is 0 Å². The van der Waals surface area contributed by atoms with Crippen LogP contribution in [0.5, 0.6) is 5.75 Å². The molecule has 1 saturated heterocycles. The van der Waals surface area contributed by atoms with E-state index in [-0.39, 0.29) is 17.4 Å². The molecule has 2 rings (SSSR count). The number of carbonyl (C=O) groups excluding carboxylic acids is 1. The lowest BCUT2D eigenvalue weighted by molar-refractivity contribution is -0.120. The van der Waals surface area contributed by atoms with E-state index in [2.05, 4.69) is 10.6 Å². The quantitative estimate of drug-likeness (QED) is 0.892. The Balaban J connectivity index is 2.06. The molecule has 1 aliphatic heterocycles. The summed E-state index contributed by atoms with van der Waals surface area (Å²) in [5, 5.41) is 6.28. The van der Waals surface area contributed by atoms with Gasteiger partial charge in [0.25, 0.3) is 0 Å². The van der Waals surface area contributed by atoms with E-state index in [0.717, 1.165) is 37.4 Å². The second-order valence-electron chi connectivity index (χ2n) is 6.22. The van der Waals surface area contributed by atoms with Gasteiger partial charge in [-0.2, -0.15) is 0 Å². The third-order valence-corrected chi connectivity index (χ3v) is 3.27. The molecule has 0 radical (unpaired) electrons. The van der Waals surface area contributed by atoms with Crippen LogP contribution in [0.3, 0.4) is 0 Å². The molecule has 1 aromatic carbocycles. The fourth-order valence-electron chi connectivity index (χ4n) is 2.31. The zero-order chi connectivity index (χ0) is 14.6. The van der Waals surface area contributed by atoms with Crippen molar-refractivity contribution in [1.82, 2.24) is 5.32 Å². The zero-order valence-electron chi connectivity index (χ0n) is 12.5. The van der Waals surface area contributed by atoms with Gasteiger partial charge >= 0.3 is 0 Å². The molecule has 0 atom stereocenters. The minimum Gasteiger partial charge on any atom is -0.486 e. The van der Waals surface area contributed by atoms with Crippen LogP contribution in [0.4, 0.5) is 5.69 Å². The van der Waals surface area contributed by atoms with Crippen molar-refractivity contribution in [1.29, 1.82) is 0 Å². The number of anilines is 1. The summed E-state index contributed by atoms with van der Waals surface area (Å²) in [4.78, 5) is 12.3. The summed E-state index contributed by atoms with van der Waals surface area (Å²) in [7, 11) is 0. The third kappa shape index (κ3) is 4.23. The lowest BCUT2D eigenvalue weighted by Gasteiger charge is -2.25. The summed E-state index contributed by atoms with van der Waals surface area (Å²) in [6.45, 7) is 7.83. The molecule has 0 spiro atoms. The fourth-order valence-corrected chi connectivity index (χ4v) is 2.31. The summed E-state index contributed by atoms with van der Waals surface area (Å²) in [6, 6.07) is 7.61. The van der Waals surface area contributed by atoms with Crippen molar-refractivity contribution in [2.24, 2.45) is 5.92 Å². The Kier molecular flexibility index (Phi) is 4.65. The molecule has 0 saturated carbocycles. The molecule has 1 heterocycles. The first-order chi connectivity index (χ1) is 9.46. The number of para-hydroxylation sites is 2. The highest BCUT2D eigenvalue weighted by molar-refractivity contribution is 5.94. The molecule has 1 amide bonds. The summed E-state index contributed by atoms with van der Waals surface area (Å²) in [5.74, 6) is 0.915. The van der Waals surface area contributed by atoms with Crippen molar-refractivity contribution < 1.29 is 9.53 Å². The van der Waals surface area contributed by atoms with Crippen LogP contribution in [0.1, 0.15) is 33.6 Å². The number of carbonyl (C=O) groups is 1. The van der Waals surface area contributed by atoms with Gasteiger partial charge in [-0.15, -0.1) is 0 Å². The minimum absolute atomic E-state index is 0.0939. The van der Waals surface area contributed by atoms with E-state index in [9.17, 15) is 4.79 Å². The van der Waals surface area contributed by atoms with Gasteiger partial charge in [0.05, 0.1) is 5.69 Å². The molecule has 0 aliphatic carbocycles. The van der Waals surface area contributed by atoms with E-state index < -0.39 is 0 Å². The number of hydrogen-bond donors (Lipinski definition) is 2. The molecular weight excluding hydrogens is 252 g/mol. The van der Waals surface area contributed by atoms with E-state index >= 15 is 0 Å². The molecule has 0 unspecified atom stereocenters. The molecule has 20 heavy (non-hydrogen) atoms. The van der Waals surface area contributed by atoms with Crippen LogP contribution in [-0.2, 0) is 4.79 Å². The van der Waals surface area contributed by atoms with E-state index in [4.69, 9.17) is 4.74 Å². The number of nitrogens with one attached hydrogen (secondary N) is 2. The van der Waals surface area contributed by atoms with Gasteiger partial charge in [-0.1, -0.05) is 12.1 Å². The highest BCUT2D eigenvalue weighted by Crippen LogP contribution is 2.28. The average Bonchev–Trinajstić information content (AvgIpc) is 2.40. The minimum atomic E-state index is -0.282. The maximum absolute atomic E-state index is 12.3. The molecule has 4 heteroatoms. The summed E-state index contributed by atoms with van der Waals surface area (Å²) in [6.07, 6.45) is 1.79. The van der Waals surface area contributed by atoms with Gasteiger partial charge in [0.2, 0.25) is 5.91 Å². The number of benzene rings is 1. The Labute approximate surface area is 120 Å². The van der Waals surface area contributed by atoms with Crippen molar-refractivity contribution in [3.63, 3.8) is 0 Å². The van der Waals surface area contributed by atoms with Crippen LogP contribution in [0.15, 0.2) is 24.3 Å². The molecule has 1 aliphatic rings. The van der Waals surface area contributed by atoms with Gasteiger partial charge in [0, 0.05) is 5.92 Å². The van der Waals surface area contributed by atoms with Gasteiger partial charge < -0.3 is 15.4 Å². The van der Waals surface area contributed by atoms with Gasteiger partial charge in [0.1, 0.15) is 11.4 Å². The van der Waals surface area contributed by atoms with Crippen LogP contribution in [0.2, 0.25) is 0 Å². The molecule has 1 fully saturated rings. The standard InChI is InChI=1S/C16H24N2O2/c1-16(2,3)20-14-7-5-4-6-13(14)18-15(19)12-8-10-17-11-9-12/h4-7,12,17H,8-11H2,1-3H3,(H,18,19). The molecule has 110 valence electrons. The average molecular weight is 276 g/mol. The summed E-state index contributed by atoms with van der Waals surface area (Å²) < 4.78 is 5.89. The van der Waals surface area contributed by atoms with Gasteiger partial charge in [-0.3, -0.25) is 4.79 Å². The Morgan fingerprint density at radius 3 is 2.55 bits per heavy atom. The molecule has 4 nitrogen and oxygen atoms in total. The topological polar surface area (TPSA) is 50.4 Å². The van der Waals surface area contributed by atoms with Crippen molar-refractivity contribution in [2.75, 3.05) is 18.4 Å². The highest BCUT2D eigenvalue weighted by Gasteiger charge is 2.22. The van der Waals surface area contributed by atoms with Crippen molar-refractivity contribution >= 4 is 11.6 Å². The second-order valence-corrected chi connectivity index (χ2v) is 6.22. The van der Waals surface area contributed by atoms with Gasteiger partial charge in [-0.25, -0.2) is 0 Å². The maximum atomic E-state index is 12.3. The van der Waals surface area contributed by atoms with Crippen LogP contribution >= 0.6 is 0 Å². The Bertz CT molecular complexity index is 460. The Morgan fingerprint density at radius 2 is 1.90 bits per heavy atom. The molecule has 2 N–H and O–H groups in total. The predicted molar refractivity (Wildman–Crippen MR) is 81.0 cm³/mol. The normalized spacial score (nSPS) is 16.8. The van der Waals surface area contributed by atoms with Crippen LogP contribution in [-0.4, -0.2) is 24.6 Å². The first kappa shape index (κ1) is 14.9. The molecular formula is C16H24N2O2. The SMILES string of the molecule is CC(C)(C)Oc1ccccc1NC(=O)C1CCNCC1. The zero-order valence-corrected chi connectivity index (χ0v) is 12.5. The second kappa shape index (κ2) is 6.27. The smallest absolute Gasteiger partial charge is 0.227 e. The van der Waals surface area contributed by atoms with Crippen molar-refractivity contribution in [3.05, 3.63) is 24.3 Å². The molecule has 1 aromatic rings. The number of amides is 1. The van der Waals surface area contributed by atoms with Crippen molar-refractivity contribution in [2.45, 2.75) is 39.2 Å². The fraction of sp³-hybridized carbons (Fsp3) is 0.562. The Hall–Kier alpha value is -1.55. The lowest BCUT2D eigenvalue weighted by Crippen LogP contribution is -2.34. The predicted octanol–water partition coefficient (Wildman–Crippen LogP) is 2.80. The van der Waals surface area contributed by atoms with Gasteiger partial charge in [-0.05, 0) is 58.8 Å². The van der Waals surface area contributed by atoms with Crippen LogP contribution < -0.4 is 15.4 Å². The monoisotopic (exact) mass is 276 g/mol. The summed E-state index contributed by atoms with van der Waals surface area (Å²) in [5.41, 5.74) is 0.473. The maximum Gasteiger partial charge on any atom is 0.227 e. The largest absolute Gasteiger partial charge is 0.486 e. The van der Waals surface area contributed by atoms with E-state index in [1.54, 1.807) is 0 Å². The van der Waals surface area contributed by atoms with Crippen LogP contribution in [0, 0.1) is 5.92 Å². The number of rotatable bonds is 3. The Morgan fingerprint density at radius 1 is 1.25 bits per heavy atom. The first-order valence-corrected chi connectivity index (χ1v) is 7.25. The molecule has 0 bridgehead atoms. The lowest BCUT2D eigenvalue weighted by atomic mass is 9.97. The summed E-state index contributed by atoms with van der Waals surface area (Å²) >= 11 is 0.